The third-order valence-electron chi connectivity index (χ3n) is 4.16. The maximum atomic E-state index is 12.7. The average Bonchev–Trinajstić information content (AvgIpc) is 2.65. The largest absolute Gasteiger partial charge is 0.272 e. The van der Waals surface area contributed by atoms with Crippen LogP contribution in [0, 0.1) is 24.0 Å². The van der Waals surface area contributed by atoms with E-state index in [1.807, 2.05) is 32.0 Å². The Morgan fingerprint density at radius 2 is 1.81 bits per heavy atom. The van der Waals surface area contributed by atoms with Gasteiger partial charge in [-0.1, -0.05) is 11.6 Å². The molecule has 1 heterocycles. The molecule has 0 saturated carbocycles. The number of aromatic nitrogens is 1. The summed E-state index contributed by atoms with van der Waals surface area (Å²) in [7, 11) is 0. The lowest BCUT2D eigenvalue weighted by molar-refractivity contribution is -0.384. The number of aryl methyl sites for hydroxylation is 2. The molecule has 7 nitrogen and oxygen atoms in total. The first kappa shape index (κ1) is 18.2. The van der Waals surface area contributed by atoms with Crippen LogP contribution in [0.2, 0.25) is 0 Å². The van der Waals surface area contributed by atoms with Gasteiger partial charge in [0.15, 0.2) is 0 Å². The van der Waals surface area contributed by atoms with Crippen molar-refractivity contribution in [1.29, 1.82) is 0 Å². The third kappa shape index (κ3) is 3.98. The van der Waals surface area contributed by atoms with Crippen LogP contribution in [0.4, 0.5) is 5.69 Å². The molecule has 0 atom stereocenters. The number of pyridine rings is 1. The van der Waals surface area contributed by atoms with Gasteiger partial charge in [-0.15, -0.1) is 0 Å². The number of amides is 1. The van der Waals surface area contributed by atoms with Crippen LogP contribution in [0.25, 0.3) is 10.9 Å². The van der Waals surface area contributed by atoms with Crippen molar-refractivity contribution in [3.8, 4) is 0 Å². The second-order valence-electron chi connectivity index (χ2n) is 6.27. The quantitative estimate of drug-likeness (QED) is 0.432. The number of benzene rings is 2. The van der Waals surface area contributed by atoms with Gasteiger partial charge in [-0.2, -0.15) is 5.10 Å². The van der Waals surface area contributed by atoms with Crippen molar-refractivity contribution in [2.45, 2.75) is 20.8 Å². The first-order chi connectivity index (χ1) is 12.8. The Morgan fingerprint density at radius 1 is 1.11 bits per heavy atom. The smallest absolute Gasteiger partial charge is 0.267 e. The lowest BCUT2D eigenvalue weighted by Gasteiger charge is -2.08. The molecule has 0 aliphatic rings. The van der Waals surface area contributed by atoms with E-state index in [2.05, 4.69) is 15.5 Å². The summed E-state index contributed by atoms with van der Waals surface area (Å²) in [6.07, 6.45) is 0. The normalized spacial score (nSPS) is 11.4. The summed E-state index contributed by atoms with van der Waals surface area (Å²) in [6, 6.07) is 13.5. The topological polar surface area (TPSA) is 97.5 Å². The Morgan fingerprint density at radius 3 is 2.48 bits per heavy atom. The molecule has 136 valence electrons. The predicted molar refractivity (Wildman–Crippen MR) is 104 cm³/mol. The maximum Gasteiger partial charge on any atom is 0.272 e. The van der Waals surface area contributed by atoms with Crippen LogP contribution < -0.4 is 5.43 Å². The highest BCUT2D eigenvalue weighted by molar-refractivity contribution is 6.07. The van der Waals surface area contributed by atoms with Crippen LogP contribution in [0.5, 0.6) is 0 Å². The van der Waals surface area contributed by atoms with E-state index in [1.165, 1.54) is 12.1 Å². The Balaban J connectivity index is 1.87. The van der Waals surface area contributed by atoms with E-state index in [1.54, 1.807) is 25.1 Å². The van der Waals surface area contributed by atoms with Crippen molar-refractivity contribution in [2.75, 3.05) is 0 Å². The second kappa shape index (κ2) is 7.33. The lowest BCUT2D eigenvalue weighted by Crippen LogP contribution is -2.20. The molecular formula is C20H18N4O3. The number of nitro benzene ring substituents is 1. The number of carbonyl (C=O) groups is 1. The summed E-state index contributed by atoms with van der Waals surface area (Å²) in [4.78, 5) is 27.4. The minimum atomic E-state index is -0.461. The van der Waals surface area contributed by atoms with Gasteiger partial charge >= 0.3 is 0 Å². The van der Waals surface area contributed by atoms with E-state index >= 15 is 0 Å². The molecule has 7 heteroatoms. The van der Waals surface area contributed by atoms with Crippen molar-refractivity contribution in [1.82, 2.24) is 10.4 Å². The number of fused-ring (bicyclic) bond motifs is 1. The SMILES string of the molecule is CC(=NNC(=O)c1cc(C)nc2ccc(C)cc12)c1ccc([N+](=O)[O-])cc1. The Kier molecular flexibility index (Phi) is 4.94. The van der Waals surface area contributed by atoms with Gasteiger partial charge in [0.1, 0.15) is 0 Å². The molecule has 0 spiro atoms. The lowest BCUT2D eigenvalue weighted by atomic mass is 10.0. The highest BCUT2D eigenvalue weighted by Crippen LogP contribution is 2.20. The molecule has 0 aliphatic carbocycles. The fourth-order valence-corrected chi connectivity index (χ4v) is 2.74. The number of carbonyl (C=O) groups excluding carboxylic acids is 1. The molecule has 0 saturated heterocycles. The zero-order valence-electron chi connectivity index (χ0n) is 15.2. The summed E-state index contributed by atoms with van der Waals surface area (Å²) in [5.74, 6) is -0.336. The van der Waals surface area contributed by atoms with Crippen LogP contribution in [-0.4, -0.2) is 21.5 Å². The van der Waals surface area contributed by atoms with Gasteiger partial charge in [0, 0.05) is 23.2 Å². The molecule has 0 bridgehead atoms. The molecule has 0 fully saturated rings. The van der Waals surface area contributed by atoms with Crippen molar-refractivity contribution >= 4 is 28.2 Å². The fourth-order valence-electron chi connectivity index (χ4n) is 2.74. The molecule has 3 rings (SSSR count). The summed E-state index contributed by atoms with van der Waals surface area (Å²) in [5, 5.41) is 15.6. The molecule has 3 aromatic rings. The Hall–Kier alpha value is -3.61. The van der Waals surface area contributed by atoms with E-state index in [0.717, 1.165) is 22.2 Å². The molecule has 1 N–H and O–H groups in total. The molecule has 1 aromatic heterocycles. The summed E-state index contributed by atoms with van der Waals surface area (Å²) < 4.78 is 0. The van der Waals surface area contributed by atoms with Crippen LogP contribution >= 0.6 is 0 Å². The number of non-ortho nitro benzene ring substituents is 1. The number of hydrazone groups is 1. The maximum absolute atomic E-state index is 12.7. The Bertz CT molecular complexity index is 1070. The third-order valence-corrected chi connectivity index (χ3v) is 4.16. The number of nitro groups is 1. The van der Waals surface area contributed by atoms with Crippen molar-refractivity contribution < 1.29 is 9.72 Å². The molecule has 0 unspecified atom stereocenters. The summed E-state index contributed by atoms with van der Waals surface area (Å²) in [6.45, 7) is 5.51. The fraction of sp³-hybridized carbons (Fsp3) is 0.150. The number of nitrogens with one attached hydrogen (secondary N) is 1. The monoisotopic (exact) mass is 362 g/mol. The highest BCUT2D eigenvalue weighted by Gasteiger charge is 2.12. The highest BCUT2D eigenvalue weighted by atomic mass is 16.6. The van der Waals surface area contributed by atoms with Gasteiger partial charge in [-0.3, -0.25) is 19.9 Å². The number of hydrogen-bond donors (Lipinski definition) is 1. The number of rotatable bonds is 4. The van der Waals surface area contributed by atoms with Gasteiger partial charge in [0.2, 0.25) is 0 Å². The van der Waals surface area contributed by atoms with Gasteiger partial charge < -0.3 is 0 Å². The van der Waals surface area contributed by atoms with Crippen LogP contribution in [0.1, 0.15) is 34.1 Å². The zero-order valence-corrected chi connectivity index (χ0v) is 15.2. The summed E-state index contributed by atoms with van der Waals surface area (Å²) in [5.41, 5.74) is 6.83. The van der Waals surface area contributed by atoms with E-state index in [4.69, 9.17) is 0 Å². The first-order valence-corrected chi connectivity index (χ1v) is 8.32. The second-order valence-corrected chi connectivity index (χ2v) is 6.27. The minimum absolute atomic E-state index is 0.00434. The van der Waals surface area contributed by atoms with E-state index in [9.17, 15) is 14.9 Å². The predicted octanol–water partition coefficient (Wildman–Crippen LogP) is 3.91. The van der Waals surface area contributed by atoms with Crippen molar-refractivity contribution in [3.05, 3.63) is 81.0 Å². The average molecular weight is 362 g/mol. The number of nitrogens with zero attached hydrogens (tertiary/aromatic N) is 3. The number of hydrogen-bond acceptors (Lipinski definition) is 5. The molecule has 27 heavy (non-hydrogen) atoms. The minimum Gasteiger partial charge on any atom is -0.267 e. The van der Waals surface area contributed by atoms with E-state index in [0.29, 0.717) is 16.8 Å². The van der Waals surface area contributed by atoms with E-state index in [-0.39, 0.29) is 11.6 Å². The van der Waals surface area contributed by atoms with Gasteiger partial charge in [-0.25, -0.2) is 5.43 Å². The summed E-state index contributed by atoms with van der Waals surface area (Å²) >= 11 is 0. The van der Waals surface area contributed by atoms with E-state index < -0.39 is 4.92 Å². The zero-order chi connectivity index (χ0) is 19.6. The molecule has 2 aromatic carbocycles. The van der Waals surface area contributed by atoms with Gasteiger partial charge in [0.05, 0.1) is 21.7 Å². The van der Waals surface area contributed by atoms with Crippen molar-refractivity contribution in [3.63, 3.8) is 0 Å². The van der Waals surface area contributed by atoms with Gasteiger partial charge in [0.25, 0.3) is 11.6 Å². The molecule has 1 amide bonds. The molecule has 0 radical (unpaired) electrons. The standard InChI is InChI=1S/C20H18N4O3/c1-12-4-9-19-17(10-12)18(11-13(2)21-19)20(25)23-22-14(3)15-5-7-16(8-6-15)24(26)27/h4-11H,1-3H3,(H,23,25). The van der Waals surface area contributed by atoms with Gasteiger partial charge in [-0.05, 0) is 56.7 Å². The van der Waals surface area contributed by atoms with Crippen LogP contribution in [-0.2, 0) is 0 Å². The van der Waals surface area contributed by atoms with Crippen molar-refractivity contribution in [2.24, 2.45) is 5.10 Å². The van der Waals surface area contributed by atoms with Crippen LogP contribution in [0.15, 0.2) is 53.6 Å². The first-order valence-electron chi connectivity index (χ1n) is 8.32. The molecular weight excluding hydrogens is 344 g/mol. The molecule has 0 aliphatic heterocycles. The van der Waals surface area contributed by atoms with Crippen LogP contribution in [0.3, 0.4) is 0 Å². The Labute approximate surface area is 155 Å².